The molecule has 0 saturated carbocycles. The molecule has 1 atom stereocenters. The number of carboxylic acids is 1. The summed E-state index contributed by atoms with van der Waals surface area (Å²) in [4.78, 5) is 28.9. The van der Waals surface area contributed by atoms with Gasteiger partial charge in [-0.05, 0) is 47.7 Å². The Morgan fingerprint density at radius 3 is 2.72 bits per heavy atom. The third-order valence-corrected chi connectivity index (χ3v) is 6.51. The van der Waals surface area contributed by atoms with Crippen LogP contribution in [0.15, 0.2) is 53.4 Å². The van der Waals surface area contributed by atoms with Gasteiger partial charge in [0, 0.05) is 19.3 Å². The summed E-state index contributed by atoms with van der Waals surface area (Å²) in [6.07, 6.45) is 3.92. The molecule has 29 heavy (non-hydrogen) atoms. The number of benzene rings is 2. The van der Waals surface area contributed by atoms with E-state index in [1.807, 2.05) is 6.07 Å². The second-order valence-corrected chi connectivity index (χ2v) is 8.79. The zero-order valence-electron chi connectivity index (χ0n) is 15.9. The molecule has 148 valence electrons. The molecule has 0 spiro atoms. The van der Waals surface area contributed by atoms with Crippen LogP contribution >= 0.6 is 24.0 Å². The standard InChI is InChI=1S/C22H20N2O3S2/c1-23-11-5-8-16-12-14(9-10-17(16)23)13-18-20(25)24(22(28)29-18)19(21(26)27)15-6-3-2-4-7-15/h2-4,6-7,9-10,12-13,19H,5,8,11H2,1H3,(H,26,27)/b18-13+/t19-/m1/s1. The van der Waals surface area contributed by atoms with Gasteiger partial charge in [0.25, 0.3) is 5.91 Å². The van der Waals surface area contributed by atoms with Crippen LogP contribution in [0, 0.1) is 0 Å². The van der Waals surface area contributed by atoms with E-state index in [4.69, 9.17) is 12.2 Å². The minimum Gasteiger partial charge on any atom is -0.479 e. The number of hydrogen-bond donors (Lipinski definition) is 1. The van der Waals surface area contributed by atoms with Gasteiger partial charge in [0.1, 0.15) is 4.32 Å². The Balaban J connectivity index is 1.65. The first kappa shape index (κ1) is 19.7. The molecular weight excluding hydrogens is 404 g/mol. The van der Waals surface area contributed by atoms with Gasteiger partial charge in [-0.3, -0.25) is 9.69 Å². The number of aliphatic carboxylic acids is 1. The highest BCUT2D eigenvalue weighted by Crippen LogP contribution is 2.39. The van der Waals surface area contributed by atoms with Crippen molar-refractivity contribution >= 4 is 51.9 Å². The third-order valence-electron chi connectivity index (χ3n) is 5.18. The zero-order chi connectivity index (χ0) is 20.5. The number of carbonyl (C=O) groups excluding carboxylic acids is 1. The molecule has 0 radical (unpaired) electrons. The van der Waals surface area contributed by atoms with Crippen molar-refractivity contribution in [2.24, 2.45) is 0 Å². The summed E-state index contributed by atoms with van der Waals surface area (Å²) in [7, 11) is 2.08. The van der Waals surface area contributed by atoms with Crippen LogP contribution in [-0.2, 0) is 16.0 Å². The van der Waals surface area contributed by atoms with Crippen molar-refractivity contribution in [2.75, 3.05) is 18.5 Å². The molecule has 2 aromatic rings. The van der Waals surface area contributed by atoms with Gasteiger partial charge in [0.15, 0.2) is 6.04 Å². The van der Waals surface area contributed by atoms with E-state index < -0.39 is 12.0 Å². The summed E-state index contributed by atoms with van der Waals surface area (Å²) >= 11 is 6.53. The predicted molar refractivity (Wildman–Crippen MR) is 120 cm³/mol. The number of anilines is 1. The van der Waals surface area contributed by atoms with Gasteiger partial charge in [0.05, 0.1) is 4.91 Å². The average Bonchev–Trinajstić information content (AvgIpc) is 2.97. The number of fused-ring (bicyclic) bond motifs is 1. The number of carbonyl (C=O) groups is 2. The molecular formula is C22H20N2O3S2. The maximum absolute atomic E-state index is 13.1. The van der Waals surface area contributed by atoms with Gasteiger partial charge in [-0.25, -0.2) is 4.79 Å². The molecule has 5 nitrogen and oxygen atoms in total. The Hall–Kier alpha value is -2.64. The quantitative estimate of drug-likeness (QED) is 0.589. The highest BCUT2D eigenvalue weighted by atomic mass is 32.2. The molecule has 2 aliphatic heterocycles. The summed E-state index contributed by atoms with van der Waals surface area (Å²) in [5.41, 5.74) is 3.92. The molecule has 0 unspecified atom stereocenters. The third kappa shape index (κ3) is 3.80. The molecule has 0 aliphatic carbocycles. The molecule has 7 heteroatoms. The Morgan fingerprint density at radius 1 is 1.24 bits per heavy atom. The smallest absolute Gasteiger partial charge is 0.331 e. The van der Waals surface area contributed by atoms with Crippen LogP contribution in [-0.4, -0.2) is 39.8 Å². The Labute approximate surface area is 179 Å². The summed E-state index contributed by atoms with van der Waals surface area (Å²) in [6.45, 7) is 1.04. The fourth-order valence-corrected chi connectivity index (χ4v) is 5.10. The van der Waals surface area contributed by atoms with Crippen LogP contribution in [0.2, 0.25) is 0 Å². The van der Waals surface area contributed by atoms with Crippen LogP contribution < -0.4 is 4.90 Å². The van der Waals surface area contributed by atoms with Crippen molar-refractivity contribution in [2.45, 2.75) is 18.9 Å². The first-order valence-corrected chi connectivity index (χ1v) is 10.6. The van der Waals surface area contributed by atoms with Crippen molar-refractivity contribution in [1.29, 1.82) is 0 Å². The van der Waals surface area contributed by atoms with Crippen molar-refractivity contribution in [3.05, 3.63) is 70.1 Å². The van der Waals surface area contributed by atoms with Crippen LogP contribution in [0.5, 0.6) is 0 Å². The molecule has 2 aliphatic rings. The molecule has 0 aromatic heterocycles. The molecule has 4 rings (SSSR count). The lowest BCUT2D eigenvalue weighted by Gasteiger charge is -2.27. The molecule has 1 saturated heterocycles. The topological polar surface area (TPSA) is 60.9 Å². The number of amides is 1. The van der Waals surface area contributed by atoms with Crippen LogP contribution in [0.3, 0.4) is 0 Å². The van der Waals surface area contributed by atoms with E-state index in [1.165, 1.54) is 16.2 Å². The Kier molecular flexibility index (Phi) is 5.43. The Morgan fingerprint density at radius 2 is 2.00 bits per heavy atom. The zero-order valence-corrected chi connectivity index (χ0v) is 17.5. The molecule has 1 amide bonds. The molecule has 2 heterocycles. The van der Waals surface area contributed by atoms with E-state index in [9.17, 15) is 14.7 Å². The number of thiocarbonyl (C=S) groups is 1. The summed E-state index contributed by atoms with van der Waals surface area (Å²) in [5, 5.41) is 9.77. The van der Waals surface area contributed by atoms with Crippen molar-refractivity contribution in [1.82, 2.24) is 4.90 Å². The second-order valence-electron chi connectivity index (χ2n) is 7.12. The minimum absolute atomic E-state index is 0.259. The van der Waals surface area contributed by atoms with Gasteiger partial charge in [-0.1, -0.05) is 60.4 Å². The SMILES string of the molecule is CN1CCCc2cc(/C=C3/SC(=S)N([C@@H](C(=O)O)c4ccccc4)C3=O)ccc21. The first-order chi connectivity index (χ1) is 14.0. The number of aryl methyl sites for hydroxylation is 1. The second kappa shape index (κ2) is 8.00. The predicted octanol–water partition coefficient (Wildman–Crippen LogP) is 4.10. The maximum atomic E-state index is 13.1. The lowest BCUT2D eigenvalue weighted by Crippen LogP contribution is -2.37. The lowest BCUT2D eigenvalue weighted by molar-refractivity contribution is -0.145. The maximum Gasteiger partial charge on any atom is 0.331 e. The van der Waals surface area contributed by atoms with Crippen LogP contribution in [0.1, 0.15) is 29.2 Å². The summed E-state index contributed by atoms with van der Waals surface area (Å²) < 4.78 is 0.259. The Bertz CT molecular complexity index is 1020. The summed E-state index contributed by atoms with van der Waals surface area (Å²) in [5.74, 6) is -1.48. The van der Waals surface area contributed by atoms with E-state index in [-0.39, 0.29) is 10.2 Å². The van der Waals surface area contributed by atoms with E-state index in [0.29, 0.717) is 10.5 Å². The molecule has 0 bridgehead atoms. The molecule has 1 N–H and O–H groups in total. The van der Waals surface area contributed by atoms with Crippen LogP contribution in [0.25, 0.3) is 6.08 Å². The fourth-order valence-electron chi connectivity index (χ4n) is 3.79. The minimum atomic E-state index is -1.13. The first-order valence-electron chi connectivity index (χ1n) is 9.34. The van der Waals surface area contributed by atoms with Gasteiger partial charge in [-0.15, -0.1) is 0 Å². The summed E-state index contributed by atoms with van der Waals surface area (Å²) in [6, 6.07) is 13.7. The van der Waals surface area contributed by atoms with Crippen molar-refractivity contribution in [3.63, 3.8) is 0 Å². The number of nitrogens with zero attached hydrogens (tertiary/aromatic N) is 2. The normalized spacial score (nSPS) is 18.9. The highest BCUT2D eigenvalue weighted by Gasteiger charge is 2.41. The average molecular weight is 425 g/mol. The van der Waals surface area contributed by atoms with Crippen molar-refractivity contribution < 1.29 is 14.7 Å². The fraction of sp³-hybridized carbons (Fsp3) is 0.227. The van der Waals surface area contributed by atoms with E-state index in [0.717, 1.165) is 36.7 Å². The van der Waals surface area contributed by atoms with Gasteiger partial charge < -0.3 is 10.0 Å². The molecule has 2 aromatic carbocycles. The largest absolute Gasteiger partial charge is 0.479 e. The van der Waals surface area contributed by atoms with Gasteiger partial charge in [0.2, 0.25) is 0 Å². The van der Waals surface area contributed by atoms with E-state index in [1.54, 1.807) is 36.4 Å². The number of rotatable bonds is 4. The molecule has 1 fully saturated rings. The van der Waals surface area contributed by atoms with Gasteiger partial charge in [-0.2, -0.15) is 0 Å². The lowest BCUT2D eigenvalue weighted by atomic mass is 9.99. The number of hydrogen-bond acceptors (Lipinski definition) is 5. The van der Waals surface area contributed by atoms with Crippen LogP contribution in [0.4, 0.5) is 5.69 Å². The van der Waals surface area contributed by atoms with Gasteiger partial charge >= 0.3 is 5.97 Å². The van der Waals surface area contributed by atoms with Crippen molar-refractivity contribution in [3.8, 4) is 0 Å². The van der Waals surface area contributed by atoms with E-state index >= 15 is 0 Å². The van der Waals surface area contributed by atoms with E-state index in [2.05, 4.69) is 24.1 Å². The number of thioether (sulfide) groups is 1. The monoisotopic (exact) mass is 424 g/mol. The highest BCUT2D eigenvalue weighted by molar-refractivity contribution is 8.26. The number of carboxylic acid groups (broad SMARTS) is 1.